The zero-order valence-electron chi connectivity index (χ0n) is 14.1. The van der Waals surface area contributed by atoms with Crippen LogP contribution in [0.3, 0.4) is 0 Å². The number of ether oxygens (including phenoxy) is 1. The lowest BCUT2D eigenvalue weighted by Crippen LogP contribution is -2.34. The Hall–Kier alpha value is -2.13. The van der Waals surface area contributed by atoms with Gasteiger partial charge in [-0.1, -0.05) is 48.5 Å². The number of nitrogens with zero attached hydrogens (tertiary/aromatic N) is 1. The first-order valence-corrected chi connectivity index (χ1v) is 8.82. The van der Waals surface area contributed by atoms with Gasteiger partial charge in [-0.05, 0) is 56.0 Å². The average Bonchev–Trinajstić information content (AvgIpc) is 2.67. The molecule has 0 aromatic heterocycles. The summed E-state index contributed by atoms with van der Waals surface area (Å²) in [5.74, 6) is 0.469. The van der Waals surface area contributed by atoms with Crippen LogP contribution in [0.1, 0.15) is 41.1 Å². The lowest BCUT2D eigenvalue weighted by molar-refractivity contribution is 0.0484. The molecule has 0 saturated carbocycles. The van der Waals surface area contributed by atoms with Crippen molar-refractivity contribution in [2.45, 2.75) is 25.2 Å². The van der Waals surface area contributed by atoms with Crippen LogP contribution in [-0.4, -0.2) is 37.1 Å². The van der Waals surface area contributed by atoms with Crippen LogP contribution in [0.5, 0.6) is 0 Å². The maximum Gasteiger partial charge on any atom is 0.338 e. The summed E-state index contributed by atoms with van der Waals surface area (Å²) in [5, 5.41) is 0. The van der Waals surface area contributed by atoms with Crippen molar-refractivity contribution in [1.29, 1.82) is 0 Å². The molecule has 0 radical (unpaired) electrons. The molecule has 1 saturated heterocycles. The Labute approximate surface area is 144 Å². The maximum absolute atomic E-state index is 11.9. The number of carbonyl (C=O) groups is 1. The quantitative estimate of drug-likeness (QED) is 0.592. The summed E-state index contributed by atoms with van der Waals surface area (Å²) in [4.78, 5) is 14.3. The van der Waals surface area contributed by atoms with Crippen molar-refractivity contribution in [2.24, 2.45) is 0 Å². The molecule has 126 valence electrons. The number of carbonyl (C=O) groups excluding carboxylic acids is 1. The second-order valence-electron chi connectivity index (χ2n) is 6.38. The molecule has 1 aliphatic rings. The Kier molecular flexibility index (Phi) is 6.02. The second kappa shape index (κ2) is 8.65. The summed E-state index contributed by atoms with van der Waals surface area (Å²) in [5.41, 5.74) is 2.09. The molecule has 2 aromatic carbocycles. The van der Waals surface area contributed by atoms with Crippen LogP contribution < -0.4 is 0 Å². The number of esters is 1. The van der Waals surface area contributed by atoms with Gasteiger partial charge in [-0.15, -0.1) is 0 Å². The minimum atomic E-state index is -0.224. The van der Waals surface area contributed by atoms with Crippen LogP contribution in [0.25, 0.3) is 0 Å². The fraction of sp³-hybridized carbons (Fsp3) is 0.381. The molecule has 0 amide bonds. The van der Waals surface area contributed by atoms with E-state index in [9.17, 15) is 4.79 Å². The largest absolute Gasteiger partial charge is 0.462 e. The zero-order valence-corrected chi connectivity index (χ0v) is 14.1. The van der Waals surface area contributed by atoms with Gasteiger partial charge < -0.3 is 9.64 Å². The third-order valence-electron chi connectivity index (χ3n) is 4.72. The van der Waals surface area contributed by atoms with E-state index in [0.29, 0.717) is 18.1 Å². The Morgan fingerprint density at radius 3 is 2.25 bits per heavy atom. The highest BCUT2D eigenvalue weighted by Gasteiger charge is 2.20. The summed E-state index contributed by atoms with van der Waals surface area (Å²) in [6, 6.07) is 20.0. The highest BCUT2D eigenvalue weighted by molar-refractivity contribution is 5.89. The first-order chi connectivity index (χ1) is 11.8. The van der Waals surface area contributed by atoms with Crippen LogP contribution in [0.4, 0.5) is 0 Å². The lowest BCUT2D eigenvalue weighted by Gasteiger charge is -2.32. The molecule has 0 atom stereocenters. The first kappa shape index (κ1) is 16.7. The molecule has 3 nitrogen and oxygen atoms in total. The highest BCUT2D eigenvalue weighted by atomic mass is 16.5. The molecule has 0 N–H and O–H groups in total. The van der Waals surface area contributed by atoms with Gasteiger partial charge in [0.25, 0.3) is 0 Å². The topological polar surface area (TPSA) is 29.5 Å². The summed E-state index contributed by atoms with van der Waals surface area (Å²) < 4.78 is 5.34. The zero-order chi connectivity index (χ0) is 16.6. The number of benzene rings is 2. The molecule has 1 aliphatic heterocycles. The number of rotatable bonds is 6. The normalized spacial score (nSPS) is 16.0. The minimum absolute atomic E-state index is 0.224. The molecule has 0 bridgehead atoms. The molecule has 0 aliphatic carbocycles. The average molecular weight is 323 g/mol. The highest BCUT2D eigenvalue weighted by Crippen LogP contribution is 2.27. The fourth-order valence-corrected chi connectivity index (χ4v) is 3.33. The standard InChI is InChI=1S/C21H25NO2/c23-21(20-10-5-2-6-11-20)24-17-7-14-22-15-12-19(13-16-22)18-8-3-1-4-9-18/h1-6,8-11,19H,7,12-17H2. The molecular weight excluding hydrogens is 298 g/mol. The summed E-state index contributed by atoms with van der Waals surface area (Å²) >= 11 is 0. The van der Waals surface area contributed by atoms with Crippen molar-refractivity contribution in [2.75, 3.05) is 26.2 Å². The van der Waals surface area contributed by atoms with E-state index in [0.717, 1.165) is 26.1 Å². The molecular formula is C21H25NO2. The Morgan fingerprint density at radius 1 is 0.958 bits per heavy atom. The van der Waals surface area contributed by atoms with Gasteiger partial charge in [0.2, 0.25) is 0 Å². The van der Waals surface area contributed by atoms with Gasteiger partial charge >= 0.3 is 5.97 Å². The van der Waals surface area contributed by atoms with E-state index in [-0.39, 0.29) is 5.97 Å². The Bertz CT molecular complexity index is 619. The van der Waals surface area contributed by atoms with Crippen molar-refractivity contribution in [1.82, 2.24) is 4.90 Å². The van der Waals surface area contributed by atoms with E-state index in [1.807, 2.05) is 18.2 Å². The van der Waals surface area contributed by atoms with Gasteiger partial charge in [0, 0.05) is 6.54 Å². The molecule has 24 heavy (non-hydrogen) atoms. The number of piperidine rings is 1. The van der Waals surface area contributed by atoms with E-state index in [1.54, 1.807) is 12.1 Å². The summed E-state index contributed by atoms with van der Waals surface area (Å²) in [6.07, 6.45) is 3.33. The fourth-order valence-electron chi connectivity index (χ4n) is 3.33. The SMILES string of the molecule is O=C(OCCCN1CCC(c2ccccc2)CC1)c1ccccc1. The molecule has 0 spiro atoms. The van der Waals surface area contributed by atoms with Gasteiger partial charge in [0.15, 0.2) is 0 Å². The maximum atomic E-state index is 11.9. The third-order valence-corrected chi connectivity index (χ3v) is 4.72. The Balaban J connectivity index is 1.33. The van der Waals surface area contributed by atoms with Crippen molar-refractivity contribution < 1.29 is 9.53 Å². The molecule has 0 unspecified atom stereocenters. The number of hydrogen-bond donors (Lipinski definition) is 0. The smallest absolute Gasteiger partial charge is 0.338 e. The van der Waals surface area contributed by atoms with E-state index >= 15 is 0 Å². The predicted molar refractivity (Wildman–Crippen MR) is 96.2 cm³/mol. The predicted octanol–water partition coefficient (Wildman–Crippen LogP) is 4.11. The van der Waals surface area contributed by atoms with Crippen LogP contribution in [-0.2, 0) is 4.74 Å². The van der Waals surface area contributed by atoms with Crippen molar-refractivity contribution in [3.05, 3.63) is 71.8 Å². The summed E-state index contributed by atoms with van der Waals surface area (Å²) in [7, 11) is 0. The van der Waals surface area contributed by atoms with Gasteiger partial charge in [0.05, 0.1) is 12.2 Å². The molecule has 3 heteroatoms. The van der Waals surface area contributed by atoms with Crippen molar-refractivity contribution in [3.8, 4) is 0 Å². The molecule has 1 heterocycles. The van der Waals surface area contributed by atoms with Crippen LogP contribution in [0.15, 0.2) is 60.7 Å². The van der Waals surface area contributed by atoms with Gasteiger partial charge in [-0.3, -0.25) is 0 Å². The van der Waals surface area contributed by atoms with E-state index in [1.165, 1.54) is 18.4 Å². The number of hydrogen-bond acceptors (Lipinski definition) is 3. The number of likely N-dealkylation sites (tertiary alicyclic amines) is 1. The van der Waals surface area contributed by atoms with Crippen LogP contribution >= 0.6 is 0 Å². The van der Waals surface area contributed by atoms with Crippen molar-refractivity contribution >= 4 is 5.97 Å². The monoisotopic (exact) mass is 323 g/mol. The van der Waals surface area contributed by atoms with Gasteiger partial charge in [-0.25, -0.2) is 4.79 Å². The molecule has 3 rings (SSSR count). The second-order valence-corrected chi connectivity index (χ2v) is 6.38. The van der Waals surface area contributed by atoms with Crippen molar-refractivity contribution in [3.63, 3.8) is 0 Å². The first-order valence-electron chi connectivity index (χ1n) is 8.82. The Morgan fingerprint density at radius 2 is 1.58 bits per heavy atom. The third kappa shape index (κ3) is 4.68. The molecule has 1 fully saturated rings. The van der Waals surface area contributed by atoms with Crippen LogP contribution in [0, 0.1) is 0 Å². The van der Waals surface area contributed by atoms with Gasteiger partial charge in [-0.2, -0.15) is 0 Å². The van der Waals surface area contributed by atoms with E-state index < -0.39 is 0 Å². The molecule has 2 aromatic rings. The van der Waals surface area contributed by atoms with E-state index in [4.69, 9.17) is 4.74 Å². The van der Waals surface area contributed by atoms with Gasteiger partial charge in [0.1, 0.15) is 0 Å². The van der Waals surface area contributed by atoms with E-state index in [2.05, 4.69) is 35.2 Å². The van der Waals surface area contributed by atoms with Crippen LogP contribution in [0.2, 0.25) is 0 Å². The lowest BCUT2D eigenvalue weighted by atomic mass is 9.89. The summed E-state index contributed by atoms with van der Waals surface area (Å²) in [6.45, 7) is 3.76. The minimum Gasteiger partial charge on any atom is -0.462 e.